The molecule has 56 heavy (non-hydrogen) atoms. The highest BCUT2D eigenvalue weighted by Gasteiger charge is 2.22. The number of hydrogen-bond acceptors (Lipinski definition) is 4. The van der Waals surface area contributed by atoms with Crippen molar-refractivity contribution in [2.75, 3.05) is 0 Å². The Balaban J connectivity index is 0.999. The van der Waals surface area contributed by atoms with Crippen molar-refractivity contribution >= 4 is 43.7 Å². The van der Waals surface area contributed by atoms with Crippen molar-refractivity contribution in [2.24, 2.45) is 0 Å². The predicted molar refractivity (Wildman–Crippen MR) is 229 cm³/mol. The van der Waals surface area contributed by atoms with Gasteiger partial charge in [0.25, 0.3) is 0 Å². The molecule has 5 nitrogen and oxygen atoms in total. The molecule has 8 aromatic carbocycles. The Morgan fingerprint density at radius 1 is 0.321 bits per heavy atom. The van der Waals surface area contributed by atoms with Crippen LogP contribution in [0, 0.1) is 0 Å². The molecule has 0 bridgehead atoms. The lowest BCUT2D eigenvalue weighted by atomic mass is 9.98. The lowest BCUT2D eigenvalue weighted by Gasteiger charge is -2.11. The number of nitrogens with zero attached hydrogens (tertiary/aromatic N) is 4. The van der Waals surface area contributed by atoms with Crippen molar-refractivity contribution < 1.29 is 4.42 Å². The first-order valence-corrected chi connectivity index (χ1v) is 18.8. The van der Waals surface area contributed by atoms with Crippen LogP contribution in [0.3, 0.4) is 0 Å². The van der Waals surface area contributed by atoms with Gasteiger partial charge in [0.2, 0.25) is 5.95 Å². The smallest absolute Gasteiger partial charge is 0.238 e. The van der Waals surface area contributed by atoms with Crippen molar-refractivity contribution in [2.45, 2.75) is 0 Å². The van der Waals surface area contributed by atoms with Crippen molar-refractivity contribution in [3.05, 3.63) is 194 Å². The first-order chi connectivity index (χ1) is 27.7. The van der Waals surface area contributed by atoms with Crippen LogP contribution in [0.5, 0.6) is 0 Å². The third-order valence-corrected chi connectivity index (χ3v) is 10.7. The first kappa shape index (κ1) is 31.9. The molecule has 5 heteroatoms. The topological polar surface area (TPSA) is 56.7 Å². The Kier molecular flexibility index (Phi) is 7.42. The Bertz CT molecular complexity index is 3200. The van der Waals surface area contributed by atoms with Crippen LogP contribution >= 0.6 is 0 Å². The molecule has 3 aromatic heterocycles. The SMILES string of the molecule is c1ccc(-c2ccc(-c3ccc(-c4ccc(-c5nc(-c6ccccc6)nc(-n6c7ccccc7c7ccc8c9ccccc9oc8c76)n5)cc4)cc3)cc2)cc1. The van der Waals surface area contributed by atoms with Gasteiger partial charge in [-0.05, 0) is 51.6 Å². The number of fused-ring (bicyclic) bond motifs is 7. The van der Waals surface area contributed by atoms with Gasteiger partial charge in [0.1, 0.15) is 11.1 Å². The van der Waals surface area contributed by atoms with Crippen LogP contribution in [0.4, 0.5) is 0 Å². The summed E-state index contributed by atoms with van der Waals surface area (Å²) in [5, 5.41) is 4.32. The normalized spacial score (nSPS) is 11.6. The van der Waals surface area contributed by atoms with Gasteiger partial charge in [-0.2, -0.15) is 9.97 Å². The summed E-state index contributed by atoms with van der Waals surface area (Å²) in [6.45, 7) is 0. The third kappa shape index (κ3) is 5.37. The zero-order valence-electron chi connectivity index (χ0n) is 30.2. The van der Waals surface area contributed by atoms with Crippen LogP contribution in [-0.2, 0) is 0 Å². The maximum absolute atomic E-state index is 6.60. The number of benzene rings is 8. The highest BCUT2D eigenvalue weighted by molar-refractivity contribution is 6.21. The van der Waals surface area contributed by atoms with Gasteiger partial charge in [-0.25, -0.2) is 4.98 Å². The zero-order valence-corrected chi connectivity index (χ0v) is 30.2. The molecule has 0 N–H and O–H groups in total. The second kappa shape index (κ2) is 13.0. The Morgan fingerprint density at radius 3 is 1.34 bits per heavy atom. The van der Waals surface area contributed by atoms with E-state index in [0.717, 1.165) is 66.0 Å². The fourth-order valence-corrected chi connectivity index (χ4v) is 7.90. The highest BCUT2D eigenvalue weighted by atomic mass is 16.3. The second-order valence-electron chi connectivity index (χ2n) is 14.0. The van der Waals surface area contributed by atoms with E-state index in [2.05, 4.69) is 144 Å². The van der Waals surface area contributed by atoms with E-state index in [-0.39, 0.29) is 0 Å². The minimum Gasteiger partial charge on any atom is -0.454 e. The highest BCUT2D eigenvalue weighted by Crippen LogP contribution is 2.40. The second-order valence-corrected chi connectivity index (χ2v) is 14.0. The molecule has 0 aliphatic carbocycles. The average Bonchev–Trinajstić information content (AvgIpc) is 3.83. The van der Waals surface area contributed by atoms with E-state index in [4.69, 9.17) is 19.4 Å². The largest absolute Gasteiger partial charge is 0.454 e. The van der Waals surface area contributed by atoms with Crippen molar-refractivity contribution in [3.8, 4) is 62.1 Å². The minimum absolute atomic E-state index is 0.532. The Labute approximate surface area is 322 Å². The van der Waals surface area contributed by atoms with Crippen LogP contribution in [0.15, 0.2) is 199 Å². The van der Waals surface area contributed by atoms with Crippen LogP contribution < -0.4 is 0 Å². The summed E-state index contributed by atoms with van der Waals surface area (Å²) in [7, 11) is 0. The van der Waals surface area contributed by atoms with E-state index in [9.17, 15) is 0 Å². The number of rotatable bonds is 6. The van der Waals surface area contributed by atoms with E-state index in [1.54, 1.807) is 0 Å². The van der Waals surface area contributed by atoms with Crippen LogP contribution in [0.25, 0.3) is 106 Å². The zero-order chi connectivity index (χ0) is 37.0. The maximum Gasteiger partial charge on any atom is 0.238 e. The van der Waals surface area contributed by atoms with Gasteiger partial charge in [0, 0.05) is 32.7 Å². The lowest BCUT2D eigenvalue weighted by Crippen LogP contribution is -2.06. The van der Waals surface area contributed by atoms with Crippen molar-refractivity contribution in [3.63, 3.8) is 0 Å². The van der Waals surface area contributed by atoms with Gasteiger partial charge in [-0.1, -0.05) is 176 Å². The molecule has 11 rings (SSSR count). The maximum atomic E-state index is 6.60. The van der Waals surface area contributed by atoms with E-state index in [1.807, 2.05) is 54.6 Å². The fraction of sp³-hybridized carbons (Fsp3) is 0. The molecule has 0 aliphatic heterocycles. The predicted octanol–water partition coefficient (Wildman–Crippen LogP) is 13.2. The molecular weight excluding hydrogens is 685 g/mol. The van der Waals surface area contributed by atoms with E-state index in [1.165, 1.54) is 22.3 Å². The molecule has 262 valence electrons. The van der Waals surface area contributed by atoms with Crippen LogP contribution in [0.2, 0.25) is 0 Å². The van der Waals surface area contributed by atoms with Gasteiger partial charge in [-0.15, -0.1) is 0 Å². The molecule has 0 atom stereocenters. The van der Waals surface area contributed by atoms with Gasteiger partial charge < -0.3 is 4.42 Å². The number of hydrogen-bond donors (Lipinski definition) is 0. The van der Waals surface area contributed by atoms with E-state index < -0.39 is 0 Å². The molecule has 0 saturated carbocycles. The van der Waals surface area contributed by atoms with Crippen molar-refractivity contribution in [1.29, 1.82) is 0 Å². The minimum atomic E-state index is 0.532. The molecule has 0 fully saturated rings. The molecule has 0 radical (unpaired) electrons. The molecule has 0 aliphatic rings. The molecule has 0 amide bonds. The fourth-order valence-electron chi connectivity index (χ4n) is 7.90. The average molecular weight is 717 g/mol. The first-order valence-electron chi connectivity index (χ1n) is 18.8. The van der Waals surface area contributed by atoms with Crippen LogP contribution in [0.1, 0.15) is 0 Å². The van der Waals surface area contributed by atoms with Crippen LogP contribution in [-0.4, -0.2) is 19.5 Å². The number of para-hydroxylation sites is 2. The van der Waals surface area contributed by atoms with Crippen molar-refractivity contribution in [1.82, 2.24) is 19.5 Å². The number of furan rings is 1. The van der Waals surface area contributed by atoms with Gasteiger partial charge in [0.15, 0.2) is 17.2 Å². The van der Waals surface area contributed by atoms with Gasteiger partial charge in [0.05, 0.1) is 5.52 Å². The quantitative estimate of drug-likeness (QED) is 0.172. The Hall–Kier alpha value is -7.63. The Morgan fingerprint density at radius 2 is 0.750 bits per heavy atom. The van der Waals surface area contributed by atoms with Gasteiger partial charge >= 0.3 is 0 Å². The van der Waals surface area contributed by atoms with Gasteiger partial charge in [-0.3, -0.25) is 4.57 Å². The molecular formula is C51H32N4O. The summed E-state index contributed by atoms with van der Waals surface area (Å²) in [4.78, 5) is 15.4. The monoisotopic (exact) mass is 716 g/mol. The molecule has 0 saturated heterocycles. The number of aromatic nitrogens is 4. The third-order valence-electron chi connectivity index (χ3n) is 10.7. The molecule has 0 unspecified atom stereocenters. The van der Waals surface area contributed by atoms with E-state index >= 15 is 0 Å². The molecule has 11 aromatic rings. The summed E-state index contributed by atoms with van der Waals surface area (Å²) in [6.07, 6.45) is 0. The summed E-state index contributed by atoms with van der Waals surface area (Å²) < 4.78 is 8.74. The molecule has 0 spiro atoms. The summed E-state index contributed by atoms with van der Waals surface area (Å²) >= 11 is 0. The summed E-state index contributed by atoms with van der Waals surface area (Å²) in [5.74, 6) is 1.73. The standard InChI is InChI=1S/C51H32N4O/c1-3-11-33(12-4-1)34-19-21-35(22-20-34)36-23-25-37(26-24-36)38-27-29-40(30-28-38)50-52-49(39-13-5-2-6-14-39)53-51(54-50)55-45-17-9-7-15-41(45)43-31-32-44-42-16-8-10-18-46(42)56-48(44)47(43)55/h1-32H. The molecule has 3 heterocycles. The summed E-state index contributed by atoms with van der Waals surface area (Å²) in [6, 6.07) is 67.5. The van der Waals surface area contributed by atoms with E-state index in [0.29, 0.717) is 17.6 Å². The summed E-state index contributed by atoms with van der Waals surface area (Å²) in [5.41, 5.74) is 12.5. The lowest BCUT2D eigenvalue weighted by molar-refractivity contribution is 0.670.